The molecule has 0 fully saturated rings. The maximum atomic E-state index is 12.0. The fourth-order valence-electron chi connectivity index (χ4n) is 0.394. The number of rotatable bonds is 0. The molecule has 0 unspecified atom stereocenters. The molecule has 0 saturated carbocycles. The highest BCUT2D eigenvalue weighted by atomic mass is 32.1. The molecule has 1 rings (SSSR count). The number of nitrogens with zero attached hydrogens (tertiary/aromatic N) is 2. The lowest BCUT2D eigenvalue weighted by atomic mass is 10.4. The van der Waals surface area contributed by atoms with E-state index in [1.807, 2.05) is 0 Å². The van der Waals surface area contributed by atoms with E-state index in [1.54, 1.807) is 6.92 Å². The molecule has 0 amide bonds. The SMILES string of the molecule is CC1=NN(F)N[C]=C1S. The Hall–Kier alpha value is -0.710. The molecule has 0 atom stereocenters. The van der Waals surface area contributed by atoms with E-state index in [1.165, 1.54) is 0 Å². The van der Waals surface area contributed by atoms with E-state index >= 15 is 0 Å². The molecule has 5 heteroatoms. The van der Waals surface area contributed by atoms with Gasteiger partial charge in [0, 0.05) is 0 Å². The molecule has 0 bridgehead atoms. The van der Waals surface area contributed by atoms with Crippen LogP contribution in [0.5, 0.6) is 0 Å². The van der Waals surface area contributed by atoms with Crippen LogP contribution in [0.4, 0.5) is 4.48 Å². The Bertz CT molecular complexity index is 177. The van der Waals surface area contributed by atoms with Crippen molar-refractivity contribution in [2.24, 2.45) is 5.10 Å². The summed E-state index contributed by atoms with van der Waals surface area (Å²) in [7, 11) is 0. The van der Waals surface area contributed by atoms with Gasteiger partial charge in [-0.1, -0.05) is 4.48 Å². The molecule has 0 saturated heterocycles. The Balaban J connectivity index is 2.75. The molecule has 0 aromatic carbocycles. The van der Waals surface area contributed by atoms with Crippen molar-refractivity contribution in [2.45, 2.75) is 6.92 Å². The lowest BCUT2D eigenvalue weighted by molar-refractivity contribution is -0.0172. The van der Waals surface area contributed by atoms with Crippen molar-refractivity contribution in [2.75, 3.05) is 0 Å². The van der Waals surface area contributed by atoms with Crippen LogP contribution in [0.3, 0.4) is 0 Å². The van der Waals surface area contributed by atoms with Gasteiger partial charge in [-0.25, -0.2) is 5.43 Å². The predicted molar refractivity (Wildman–Crippen MR) is 34.9 cm³/mol. The first-order valence-corrected chi connectivity index (χ1v) is 2.74. The number of nitrogens with one attached hydrogen (secondary N) is 1. The molecule has 1 heterocycles. The van der Waals surface area contributed by atoms with E-state index in [9.17, 15) is 4.48 Å². The first-order valence-electron chi connectivity index (χ1n) is 2.29. The fourth-order valence-corrected chi connectivity index (χ4v) is 0.488. The van der Waals surface area contributed by atoms with Crippen molar-refractivity contribution in [1.29, 1.82) is 0 Å². The van der Waals surface area contributed by atoms with Crippen LogP contribution in [0, 0.1) is 6.20 Å². The lowest BCUT2D eigenvalue weighted by Crippen LogP contribution is -2.26. The van der Waals surface area contributed by atoms with Crippen LogP contribution in [0.1, 0.15) is 6.92 Å². The topological polar surface area (TPSA) is 27.6 Å². The van der Waals surface area contributed by atoms with E-state index in [4.69, 9.17) is 0 Å². The Kier molecular flexibility index (Phi) is 1.61. The van der Waals surface area contributed by atoms with Gasteiger partial charge in [-0.3, -0.25) is 0 Å². The molecular formula is C4H5FN3S. The molecular weight excluding hydrogens is 141 g/mol. The molecule has 0 aliphatic carbocycles. The number of thiol groups is 1. The Morgan fingerprint density at radius 1 is 1.89 bits per heavy atom. The number of allylic oxidation sites excluding steroid dienone is 1. The maximum absolute atomic E-state index is 12.0. The number of hydrazine groups is 1. The summed E-state index contributed by atoms with van der Waals surface area (Å²) in [5, 5.41) is 3.44. The number of hydrogen-bond acceptors (Lipinski definition) is 4. The quantitative estimate of drug-likeness (QED) is 0.387. The first kappa shape index (κ1) is 6.41. The standard InChI is InChI=1S/C4H5FN3S/c1-3-4(9)2-6-8(5)7-3/h6,9H,1H3. The fraction of sp³-hybridized carbons (Fsp3) is 0.250. The minimum Gasteiger partial charge on any atom is -0.250 e. The molecule has 0 aromatic heterocycles. The second kappa shape index (κ2) is 2.26. The summed E-state index contributed by atoms with van der Waals surface area (Å²) >= 11 is 3.92. The van der Waals surface area contributed by atoms with Crippen molar-refractivity contribution in [3.05, 3.63) is 11.1 Å². The van der Waals surface area contributed by atoms with Gasteiger partial charge in [0.05, 0.1) is 16.8 Å². The van der Waals surface area contributed by atoms with Crippen molar-refractivity contribution in [1.82, 2.24) is 10.8 Å². The summed E-state index contributed by atoms with van der Waals surface area (Å²) in [5.41, 5.74) is 2.58. The van der Waals surface area contributed by atoms with E-state index < -0.39 is 0 Å². The zero-order chi connectivity index (χ0) is 6.85. The van der Waals surface area contributed by atoms with Crippen LogP contribution in [-0.2, 0) is 0 Å². The molecule has 0 spiro atoms. The average Bonchev–Trinajstić information content (AvgIpc) is 1.80. The predicted octanol–water partition coefficient (Wildman–Crippen LogP) is 0.641. The van der Waals surface area contributed by atoms with Gasteiger partial charge in [-0.2, -0.15) is 0 Å². The Morgan fingerprint density at radius 3 is 3.00 bits per heavy atom. The maximum Gasteiger partial charge on any atom is 0.1000 e. The van der Waals surface area contributed by atoms with E-state index in [0.717, 1.165) is 0 Å². The highest BCUT2D eigenvalue weighted by molar-refractivity contribution is 7.85. The van der Waals surface area contributed by atoms with Crippen molar-refractivity contribution >= 4 is 18.3 Å². The summed E-state index contributed by atoms with van der Waals surface area (Å²) in [5.74, 6) is 0. The van der Waals surface area contributed by atoms with Crippen molar-refractivity contribution < 1.29 is 4.48 Å². The van der Waals surface area contributed by atoms with E-state index in [-0.39, 0.29) is 5.34 Å². The van der Waals surface area contributed by atoms with Gasteiger partial charge in [0.15, 0.2) is 0 Å². The lowest BCUT2D eigenvalue weighted by Gasteiger charge is -2.12. The molecule has 1 N–H and O–H groups in total. The van der Waals surface area contributed by atoms with Crippen LogP contribution < -0.4 is 5.43 Å². The highest BCUT2D eigenvalue weighted by Crippen LogP contribution is 2.06. The van der Waals surface area contributed by atoms with E-state index in [2.05, 4.69) is 29.4 Å². The van der Waals surface area contributed by atoms with Gasteiger partial charge in [0.2, 0.25) is 0 Å². The largest absolute Gasteiger partial charge is 0.250 e. The van der Waals surface area contributed by atoms with Crippen LogP contribution in [-0.4, -0.2) is 11.1 Å². The number of halogens is 1. The number of hydrazone groups is 1. The van der Waals surface area contributed by atoms with Crippen molar-refractivity contribution in [3.63, 3.8) is 0 Å². The first-order chi connectivity index (χ1) is 4.20. The van der Waals surface area contributed by atoms with Gasteiger partial charge in [0.1, 0.15) is 0 Å². The minimum atomic E-state index is 0.0784. The van der Waals surface area contributed by atoms with Crippen LogP contribution in [0.15, 0.2) is 10.0 Å². The molecule has 3 nitrogen and oxygen atoms in total. The average molecular weight is 146 g/mol. The molecule has 49 valence electrons. The smallest absolute Gasteiger partial charge is 0.1000 e. The molecule has 1 aliphatic heterocycles. The Labute approximate surface area is 57.5 Å². The highest BCUT2D eigenvalue weighted by Gasteiger charge is 2.06. The van der Waals surface area contributed by atoms with Gasteiger partial charge >= 0.3 is 0 Å². The summed E-state index contributed by atoms with van der Waals surface area (Å²) in [6.45, 7) is 1.64. The number of hydrogen-bond donors (Lipinski definition) is 2. The summed E-state index contributed by atoms with van der Waals surface area (Å²) in [4.78, 5) is 0.518. The molecule has 1 aliphatic rings. The third kappa shape index (κ3) is 1.35. The third-order valence-electron chi connectivity index (χ3n) is 0.847. The monoisotopic (exact) mass is 146 g/mol. The second-order valence-corrected chi connectivity index (χ2v) is 1.98. The summed E-state index contributed by atoms with van der Waals surface area (Å²) in [6.07, 6.45) is 2.43. The van der Waals surface area contributed by atoms with Gasteiger partial charge in [-0.15, -0.1) is 17.7 Å². The van der Waals surface area contributed by atoms with Crippen LogP contribution in [0.2, 0.25) is 0 Å². The normalized spacial score (nSPS) is 18.3. The zero-order valence-corrected chi connectivity index (χ0v) is 5.61. The van der Waals surface area contributed by atoms with Gasteiger partial charge < -0.3 is 0 Å². The zero-order valence-electron chi connectivity index (χ0n) is 4.72. The van der Waals surface area contributed by atoms with Gasteiger partial charge in [0.25, 0.3) is 0 Å². The molecule has 1 radical (unpaired) electrons. The summed E-state index contributed by atoms with van der Waals surface area (Å²) < 4.78 is 12.0. The molecule has 9 heavy (non-hydrogen) atoms. The second-order valence-electron chi connectivity index (χ2n) is 1.53. The Morgan fingerprint density at radius 2 is 2.56 bits per heavy atom. The minimum absolute atomic E-state index is 0.0784. The van der Waals surface area contributed by atoms with Crippen LogP contribution in [0.25, 0.3) is 0 Å². The van der Waals surface area contributed by atoms with Crippen LogP contribution >= 0.6 is 12.6 Å². The third-order valence-corrected chi connectivity index (χ3v) is 1.28. The van der Waals surface area contributed by atoms with E-state index in [0.29, 0.717) is 10.6 Å². The summed E-state index contributed by atoms with van der Waals surface area (Å²) in [6, 6.07) is 0. The van der Waals surface area contributed by atoms with Crippen molar-refractivity contribution in [3.8, 4) is 0 Å². The molecule has 0 aromatic rings. The van der Waals surface area contributed by atoms with Gasteiger partial charge in [-0.05, 0) is 12.3 Å².